The number of halogens is 4. The molecular weight excluding hydrogens is 604 g/mol. The zero-order chi connectivity index (χ0) is 35.1. The number of carbonyl (C=O) groups is 2. The third-order valence-corrected chi connectivity index (χ3v) is 5.91. The Bertz CT molecular complexity index is 1450. The smallest absolute Gasteiger partial charge is 0.426 e. The first-order chi connectivity index (χ1) is 21.7. The van der Waals surface area contributed by atoms with Crippen molar-refractivity contribution < 1.29 is 46.1 Å². The van der Waals surface area contributed by atoms with Crippen molar-refractivity contribution in [2.45, 2.75) is 80.3 Å². The van der Waals surface area contributed by atoms with Gasteiger partial charge in [0.15, 0.2) is 0 Å². The average molecular weight is 647 g/mol. The Morgan fingerprint density at radius 1 is 0.652 bits per heavy atom. The molecule has 0 aliphatic heterocycles. The van der Waals surface area contributed by atoms with Crippen LogP contribution in [0.1, 0.15) is 76.3 Å². The molecule has 0 radical (unpaired) electrons. The Balaban J connectivity index is 0.00000254. The maximum absolute atomic E-state index is 15.0. The molecule has 0 aliphatic rings. The zero-order valence-corrected chi connectivity index (χ0v) is 27.3. The molecule has 10 heteroatoms. The van der Waals surface area contributed by atoms with E-state index in [-0.39, 0.29) is 47.8 Å². The van der Waals surface area contributed by atoms with Gasteiger partial charge in [0, 0.05) is 11.1 Å². The predicted molar refractivity (Wildman–Crippen MR) is 170 cm³/mol. The molecule has 0 aliphatic carbocycles. The van der Waals surface area contributed by atoms with Crippen LogP contribution in [0.3, 0.4) is 0 Å². The molecule has 0 saturated heterocycles. The summed E-state index contributed by atoms with van der Waals surface area (Å²) in [5, 5.41) is 0. The van der Waals surface area contributed by atoms with Crippen molar-refractivity contribution in [2.24, 2.45) is 0 Å². The van der Waals surface area contributed by atoms with Gasteiger partial charge in [-0.1, -0.05) is 72.0 Å². The Morgan fingerprint density at radius 3 is 1.41 bits per heavy atom. The van der Waals surface area contributed by atoms with Crippen LogP contribution in [0.2, 0.25) is 0 Å². The number of esters is 2. The van der Waals surface area contributed by atoms with E-state index in [1.165, 1.54) is 44.2 Å². The molecule has 0 heterocycles. The molecule has 3 aromatic carbocycles. The lowest BCUT2D eigenvalue weighted by molar-refractivity contribution is -0.188. The number of aryl methyl sites for hydroxylation is 1. The van der Waals surface area contributed by atoms with Gasteiger partial charge in [0.25, 0.3) is 0 Å². The molecule has 0 aromatic heterocycles. The summed E-state index contributed by atoms with van der Waals surface area (Å²) in [5.41, 5.74) is 0.716. The van der Waals surface area contributed by atoms with Gasteiger partial charge < -0.3 is 18.9 Å². The highest BCUT2D eigenvalue weighted by molar-refractivity contribution is 5.87. The molecule has 250 valence electrons. The van der Waals surface area contributed by atoms with Crippen molar-refractivity contribution in [1.29, 1.82) is 0 Å². The minimum atomic E-state index is -3.75. The van der Waals surface area contributed by atoms with Crippen molar-refractivity contribution in [2.75, 3.05) is 0 Å². The maximum atomic E-state index is 15.0. The fourth-order valence-electron chi connectivity index (χ4n) is 3.53. The van der Waals surface area contributed by atoms with E-state index in [0.717, 1.165) is 36.4 Å². The fraction of sp³-hybridized carbons (Fsp3) is 0.333. The minimum Gasteiger partial charge on any atom is -0.457 e. The van der Waals surface area contributed by atoms with E-state index in [9.17, 15) is 27.2 Å². The Kier molecular flexibility index (Phi) is 15.8. The highest BCUT2D eigenvalue weighted by Gasteiger charge is 2.37. The third-order valence-electron chi connectivity index (χ3n) is 5.91. The second-order valence-electron chi connectivity index (χ2n) is 9.47. The highest BCUT2D eigenvalue weighted by atomic mass is 19.3. The van der Waals surface area contributed by atoms with Crippen LogP contribution in [0.5, 0.6) is 11.5 Å². The summed E-state index contributed by atoms with van der Waals surface area (Å²) in [6.07, 6.45) is -7.30. The Morgan fingerprint density at radius 2 is 1.04 bits per heavy atom. The van der Waals surface area contributed by atoms with Crippen LogP contribution >= 0.6 is 0 Å². The largest absolute Gasteiger partial charge is 0.457 e. The Labute approximate surface area is 268 Å². The molecule has 0 bridgehead atoms. The SMILES string of the molecule is C=C(C)C(=O)OCc1ccc(C(F)(F)Oc2ccc(OC(F)(F)c3ccc(COC(=O)C(=C)C)cc3)c(CC)c2)cc1.CC.CC. The van der Waals surface area contributed by atoms with Crippen LogP contribution in [0.15, 0.2) is 91.0 Å². The van der Waals surface area contributed by atoms with E-state index in [0.29, 0.717) is 11.1 Å². The molecule has 0 N–H and O–H groups in total. The van der Waals surface area contributed by atoms with Crippen LogP contribution < -0.4 is 9.47 Å². The van der Waals surface area contributed by atoms with E-state index in [2.05, 4.69) is 13.2 Å². The van der Waals surface area contributed by atoms with Crippen molar-refractivity contribution in [3.63, 3.8) is 0 Å². The second kappa shape index (κ2) is 18.4. The van der Waals surface area contributed by atoms with Crippen LogP contribution in [-0.2, 0) is 50.9 Å². The lowest BCUT2D eigenvalue weighted by Crippen LogP contribution is -2.23. The molecule has 0 amide bonds. The van der Waals surface area contributed by atoms with E-state index in [1.807, 2.05) is 27.7 Å². The molecule has 0 unspecified atom stereocenters. The highest BCUT2D eigenvalue weighted by Crippen LogP contribution is 2.37. The third kappa shape index (κ3) is 11.7. The number of hydrogen-bond donors (Lipinski definition) is 0. The van der Waals surface area contributed by atoms with Gasteiger partial charge in [-0.2, -0.15) is 17.6 Å². The number of rotatable bonds is 13. The number of alkyl halides is 4. The van der Waals surface area contributed by atoms with Gasteiger partial charge in [0.1, 0.15) is 24.7 Å². The van der Waals surface area contributed by atoms with Crippen molar-refractivity contribution in [3.05, 3.63) is 119 Å². The molecule has 0 spiro atoms. The minimum absolute atomic E-state index is 0.112. The Hall–Kier alpha value is -4.60. The quantitative estimate of drug-likeness (QED) is 0.105. The zero-order valence-electron chi connectivity index (χ0n) is 27.3. The normalized spacial score (nSPS) is 10.7. The van der Waals surface area contributed by atoms with Crippen LogP contribution in [0.4, 0.5) is 17.6 Å². The summed E-state index contributed by atoms with van der Waals surface area (Å²) >= 11 is 0. The summed E-state index contributed by atoms with van der Waals surface area (Å²) in [7, 11) is 0. The molecule has 6 nitrogen and oxygen atoms in total. The molecule has 0 saturated carbocycles. The van der Waals surface area contributed by atoms with Crippen LogP contribution in [0, 0.1) is 0 Å². The van der Waals surface area contributed by atoms with E-state index >= 15 is 0 Å². The molecule has 3 rings (SSSR count). The number of ether oxygens (including phenoxy) is 4. The van der Waals surface area contributed by atoms with Crippen molar-refractivity contribution >= 4 is 11.9 Å². The average Bonchev–Trinajstić information content (AvgIpc) is 3.05. The number of benzene rings is 3. The lowest BCUT2D eigenvalue weighted by Gasteiger charge is -2.22. The topological polar surface area (TPSA) is 71.1 Å². The first-order valence-corrected chi connectivity index (χ1v) is 14.8. The van der Waals surface area contributed by atoms with E-state index in [1.54, 1.807) is 6.92 Å². The van der Waals surface area contributed by atoms with Gasteiger partial charge in [-0.15, -0.1) is 0 Å². The lowest BCUT2D eigenvalue weighted by atomic mass is 10.1. The molecular formula is C36H42F4O6. The predicted octanol–water partition coefficient (Wildman–Crippen LogP) is 9.80. The maximum Gasteiger partial charge on any atom is 0.426 e. The molecule has 46 heavy (non-hydrogen) atoms. The number of carbonyl (C=O) groups excluding carboxylic acids is 2. The van der Waals surface area contributed by atoms with Crippen LogP contribution in [-0.4, -0.2) is 11.9 Å². The standard InChI is InChI=1S/C32H30F4O6.2C2H6/c1-6-24-17-27(41-31(33,34)25-11-7-22(8-12-25)18-39-29(37)20(2)3)15-16-28(24)42-32(35,36)26-13-9-23(10-14-26)19-40-30(38)21(4)5;2*1-2/h7-17H,2,4,6,18-19H2,1,3,5H3;2*1-2H3. The summed E-state index contributed by atoms with van der Waals surface area (Å²) in [6.45, 7) is 19.4. The molecule has 3 aromatic rings. The summed E-state index contributed by atoms with van der Waals surface area (Å²) in [4.78, 5) is 23.0. The van der Waals surface area contributed by atoms with Crippen LogP contribution in [0.25, 0.3) is 0 Å². The summed E-state index contributed by atoms with van der Waals surface area (Å²) in [6, 6.07) is 13.5. The van der Waals surface area contributed by atoms with Gasteiger partial charge in [-0.05, 0) is 79.4 Å². The molecule has 0 atom stereocenters. The van der Waals surface area contributed by atoms with Gasteiger partial charge in [0.2, 0.25) is 0 Å². The van der Waals surface area contributed by atoms with E-state index < -0.39 is 35.3 Å². The van der Waals surface area contributed by atoms with E-state index in [4.69, 9.17) is 18.9 Å². The first-order valence-electron chi connectivity index (χ1n) is 14.8. The summed E-state index contributed by atoms with van der Waals surface area (Å²) in [5.74, 6) is -1.64. The van der Waals surface area contributed by atoms with Gasteiger partial charge in [-0.25, -0.2) is 9.59 Å². The van der Waals surface area contributed by atoms with Crippen molar-refractivity contribution in [1.82, 2.24) is 0 Å². The monoisotopic (exact) mass is 646 g/mol. The van der Waals surface area contributed by atoms with Gasteiger partial charge >= 0.3 is 24.2 Å². The fourth-order valence-corrected chi connectivity index (χ4v) is 3.53. The van der Waals surface area contributed by atoms with Gasteiger partial charge in [-0.3, -0.25) is 0 Å². The molecule has 0 fully saturated rings. The number of hydrogen-bond acceptors (Lipinski definition) is 6. The summed E-state index contributed by atoms with van der Waals surface area (Å²) < 4.78 is 79.7. The second-order valence-corrected chi connectivity index (χ2v) is 9.47. The first kappa shape index (κ1) is 39.4. The van der Waals surface area contributed by atoms with Gasteiger partial charge in [0.05, 0.1) is 11.1 Å². The van der Waals surface area contributed by atoms with Crippen molar-refractivity contribution in [3.8, 4) is 11.5 Å².